The summed E-state index contributed by atoms with van der Waals surface area (Å²) in [5.41, 5.74) is 1.94. The Hall–Kier alpha value is -3.79. The summed E-state index contributed by atoms with van der Waals surface area (Å²) in [5.74, 6) is 0.128. The number of fused-ring (bicyclic) bond motifs is 1. The van der Waals surface area contributed by atoms with E-state index >= 15 is 0 Å². The second-order valence-corrected chi connectivity index (χ2v) is 6.73. The van der Waals surface area contributed by atoms with Crippen LogP contribution in [0.5, 0.6) is 5.75 Å². The lowest BCUT2D eigenvalue weighted by Crippen LogP contribution is -2.33. The van der Waals surface area contributed by atoms with Gasteiger partial charge in [-0.2, -0.15) is 5.26 Å². The predicted molar refractivity (Wildman–Crippen MR) is 115 cm³/mol. The molecule has 0 spiro atoms. The molecule has 1 aromatic heterocycles. The standard InChI is InChI=1S/C23H24N4O3/c1-3-26(4-2)23(29)15-27-12-11-17-13-19(9-10-20(17)27)25-22(28)16-30-21-8-6-5-7-18(21)14-24/h5-13H,3-4,15-16H2,1-2H3,(H,25,28). The van der Waals surface area contributed by atoms with Gasteiger partial charge in [0.1, 0.15) is 18.4 Å². The fourth-order valence-corrected chi connectivity index (χ4v) is 3.26. The number of rotatable bonds is 8. The Morgan fingerprint density at radius 1 is 1.13 bits per heavy atom. The lowest BCUT2D eigenvalue weighted by atomic mass is 10.2. The quantitative estimate of drug-likeness (QED) is 0.623. The van der Waals surface area contributed by atoms with E-state index in [1.807, 2.05) is 48.9 Å². The van der Waals surface area contributed by atoms with Crippen LogP contribution < -0.4 is 10.1 Å². The molecule has 1 heterocycles. The summed E-state index contributed by atoms with van der Waals surface area (Å²) in [6, 6.07) is 16.3. The van der Waals surface area contributed by atoms with Crippen molar-refractivity contribution in [2.45, 2.75) is 20.4 Å². The minimum atomic E-state index is -0.321. The van der Waals surface area contributed by atoms with E-state index in [-0.39, 0.29) is 25.0 Å². The number of anilines is 1. The maximum atomic E-state index is 12.4. The zero-order valence-electron chi connectivity index (χ0n) is 17.1. The van der Waals surface area contributed by atoms with Crippen LogP contribution >= 0.6 is 0 Å². The summed E-state index contributed by atoms with van der Waals surface area (Å²) in [6.07, 6.45) is 1.87. The molecule has 0 aliphatic heterocycles. The molecule has 2 amide bonds. The second-order valence-electron chi connectivity index (χ2n) is 6.73. The number of likely N-dealkylation sites (N-methyl/N-ethyl adjacent to an activating group) is 1. The van der Waals surface area contributed by atoms with Gasteiger partial charge in [-0.15, -0.1) is 0 Å². The minimum absolute atomic E-state index is 0.0738. The van der Waals surface area contributed by atoms with Crippen molar-refractivity contribution >= 4 is 28.4 Å². The van der Waals surface area contributed by atoms with Crippen molar-refractivity contribution < 1.29 is 14.3 Å². The molecule has 0 saturated heterocycles. The summed E-state index contributed by atoms with van der Waals surface area (Å²) < 4.78 is 7.37. The first-order chi connectivity index (χ1) is 14.5. The fourth-order valence-electron chi connectivity index (χ4n) is 3.26. The van der Waals surface area contributed by atoms with Gasteiger partial charge in [0.25, 0.3) is 5.91 Å². The van der Waals surface area contributed by atoms with Crippen molar-refractivity contribution in [3.63, 3.8) is 0 Å². The lowest BCUT2D eigenvalue weighted by molar-refractivity contribution is -0.131. The summed E-state index contributed by atoms with van der Waals surface area (Å²) >= 11 is 0. The second kappa shape index (κ2) is 9.61. The SMILES string of the molecule is CCN(CC)C(=O)Cn1ccc2cc(NC(=O)COc3ccccc3C#N)ccc21. The maximum Gasteiger partial charge on any atom is 0.262 e. The molecule has 0 aliphatic rings. The zero-order chi connectivity index (χ0) is 21.5. The zero-order valence-corrected chi connectivity index (χ0v) is 17.1. The van der Waals surface area contributed by atoms with Crippen LogP contribution in [0.1, 0.15) is 19.4 Å². The van der Waals surface area contributed by atoms with Crippen LogP contribution in [-0.2, 0) is 16.1 Å². The average molecular weight is 404 g/mol. The number of nitrogens with one attached hydrogen (secondary N) is 1. The molecule has 154 valence electrons. The molecule has 0 unspecified atom stereocenters. The van der Waals surface area contributed by atoms with Crippen LogP contribution in [0.25, 0.3) is 10.9 Å². The highest BCUT2D eigenvalue weighted by atomic mass is 16.5. The third-order valence-corrected chi connectivity index (χ3v) is 4.84. The summed E-state index contributed by atoms with van der Waals surface area (Å²) in [6.45, 7) is 5.38. The predicted octanol–water partition coefficient (Wildman–Crippen LogP) is 3.40. The number of nitriles is 1. The van der Waals surface area contributed by atoms with Gasteiger partial charge in [-0.3, -0.25) is 9.59 Å². The van der Waals surface area contributed by atoms with Gasteiger partial charge < -0.3 is 19.5 Å². The van der Waals surface area contributed by atoms with Crippen molar-refractivity contribution in [1.82, 2.24) is 9.47 Å². The number of carbonyl (C=O) groups is 2. The molecule has 0 atom stereocenters. The van der Waals surface area contributed by atoms with Crippen LogP contribution in [0, 0.1) is 11.3 Å². The van der Waals surface area contributed by atoms with Gasteiger partial charge in [0.2, 0.25) is 5.91 Å². The number of hydrogen-bond acceptors (Lipinski definition) is 4. The number of benzene rings is 2. The molecular weight excluding hydrogens is 380 g/mol. The van der Waals surface area contributed by atoms with Crippen molar-refractivity contribution in [2.24, 2.45) is 0 Å². The molecule has 0 bridgehead atoms. The number of hydrogen-bond donors (Lipinski definition) is 1. The van der Waals surface area contributed by atoms with E-state index in [1.54, 1.807) is 35.2 Å². The molecule has 1 N–H and O–H groups in total. The highest BCUT2D eigenvalue weighted by Gasteiger charge is 2.12. The third-order valence-electron chi connectivity index (χ3n) is 4.84. The summed E-state index contributed by atoms with van der Waals surface area (Å²) in [7, 11) is 0. The molecule has 2 aromatic carbocycles. The van der Waals surface area contributed by atoms with Crippen LogP contribution in [0.3, 0.4) is 0 Å². The van der Waals surface area contributed by atoms with Gasteiger partial charge in [-0.1, -0.05) is 12.1 Å². The van der Waals surface area contributed by atoms with E-state index in [0.29, 0.717) is 30.1 Å². The molecule has 7 heteroatoms. The van der Waals surface area contributed by atoms with Gasteiger partial charge in [0.05, 0.1) is 5.56 Å². The van der Waals surface area contributed by atoms with Gasteiger partial charge in [0.15, 0.2) is 6.61 Å². The van der Waals surface area contributed by atoms with Gasteiger partial charge in [-0.05, 0) is 50.2 Å². The van der Waals surface area contributed by atoms with Gasteiger partial charge in [0, 0.05) is 35.9 Å². The van der Waals surface area contributed by atoms with Crippen molar-refractivity contribution in [3.05, 3.63) is 60.3 Å². The van der Waals surface area contributed by atoms with E-state index < -0.39 is 0 Å². The first-order valence-corrected chi connectivity index (χ1v) is 9.84. The number of nitrogens with zero attached hydrogens (tertiary/aromatic N) is 3. The van der Waals surface area contributed by atoms with Gasteiger partial charge >= 0.3 is 0 Å². The number of ether oxygens (including phenoxy) is 1. The first-order valence-electron chi connectivity index (χ1n) is 9.84. The Kier molecular flexibility index (Phi) is 6.71. The highest BCUT2D eigenvalue weighted by Crippen LogP contribution is 2.21. The third kappa shape index (κ3) is 4.78. The molecule has 0 aliphatic carbocycles. The van der Waals surface area contributed by atoms with Gasteiger partial charge in [-0.25, -0.2) is 0 Å². The summed E-state index contributed by atoms with van der Waals surface area (Å²) in [5, 5.41) is 12.8. The van der Waals surface area contributed by atoms with Crippen molar-refractivity contribution in [3.8, 4) is 11.8 Å². The van der Waals surface area contributed by atoms with E-state index in [9.17, 15) is 9.59 Å². The number of carbonyl (C=O) groups excluding carboxylic acids is 2. The topological polar surface area (TPSA) is 87.4 Å². The number of para-hydroxylation sites is 1. The molecule has 30 heavy (non-hydrogen) atoms. The lowest BCUT2D eigenvalue weighted by Gasteiger charge is -2.19. The Bertz CT molecular complexity index is 1090. The van der Waals surface area contributed by atoms with Crippen molar-refractivity contribution in [1.29, 1.82) is 5.26 Å². The highest BCUT2D eigenvalue weighted by molar-refractivity contribution is 5.95. The van der Waals surface area contributed by atoms with E-state index in [1.165, 1.54) is 0 Å². The van der Waals surface area contributed by atoms with Crippen molar-refractivity contribution in [2.75, 3.05) is 25.0 Å². The Morgan fingerprint density at radius 2 is 1.90 bits per heavy atom. The average Bonchev–Trinajstić information content (AvgIpc) is 3.15. The van der Waals surface area contributed by atoms with Crippen LogP contribution in [0.15, 0.2) is 54.7 Å². The molecular formula is C23H24N4O3. The van der Waals surface area contributed by atoms with E-state index in [0.717, 1.165) is 10.9 Å². The largest absolute Gasteiger partial charge is 0.482 e. The number of amides is 2. The van der Waals surface area contributed by atoms with Crippen LogP contribution in [-0.4, -0.2) is 41.0 Å². The van der Waals surface area contributed by atoms with Crippen LogP contribution in [0.4, 0.5) is 5.69 Å². The molecule has 0 fully saturated rings. The molecule has 3 aromatic rings. The number of aromatic nitrogens is 1. The molecule has 0 radical (unpaired) electrons. The summed E-state index contributed by atoms with van der Waals surface area (Å²) in [4.78, 5) is 26.4. The molecule has 3 rings (SSSR count). The monoisotopic (exact) mass is 404 g/mol. The maximum absolute atomic E-state index is 12.4. The van der Waals surface area contributed by atoms with E-state index in [4.69, 9.17) is 10.00 Å². The minimum Gasteiger partial charge on any atom is -0.482 e. The Morgan fingerprint density at radius 3 is 2.63 bits per heavy atom. The van der Waals surface area contributed by atoms with E-state index in [2.05, 4.69) is 5.32 Å². The Labute approximate surface area is 175 Å². The normalized spacial score (nSPS) is 10.4. The first kappa shape index (κ1) is 20.9. The van der Waals surface area contributed by atoms with Crippen LogP contribution in [0.2, 0.25) is 0 Å². The fraction of sp³-hybridized carbons (Fsp3) is 0.261. The smallest absolute Gasteiger partial charge is 0.262 e. The molecule has 0 saturated carbocycles. The molecule has 7 nitrogen and oxygen atoms in total. The Balaban J connectivity index is 1.64.